The number of hydrogen-bond acceptors (Lipinski definition) is 6. The van der Waals surface area contributed by atoms with Crippen molar-refractivity contribution in [2.75, 3.05) is 46.6 Å². The number of halogens is 3. The van der Waals surface area contributed by atoms with E-state index in [4.69, 9.17) is 25.8 Å². The Bertz CT molecular complexity index is 1350. The highest BCUT2D eigenvalue weighted by molar-refractivity contribution is 6.32. The lowest BCUT2D eigenvalue weighted by molar-refractivity contribution is -0.136. The number of carbonyl (C=O) groups is 2. The molecule has 2 aliphatic heterocycles. The monoisotopic (exact) mass is 693 g/mol. The van der Waals surface area contributed by atoms with Crippen molar-refractivity contribution in [3.05, 3.63) is 52.3 Å². The van der Waals surface area contributed by atoms with E-state index in [1.165, 1.54) is 6.07 Å². The van der Waals surface area contributed by atoms with E-state index in [-0.39, 0.29) is 61.2 Å². The Hall–Kier alpha value is -2.43. The van der Waals surface area contributed by atoms with Crippen LogP contribution in [0.25, 0.3) is 11.1 Å². The van der Waals surface area contributed by atoms with E-state index in [1.807, 2.05) is 18.7 Å². The van der Waals surface area contributed by atoms with Gasteiger partial charge in [-0.25, -0.2) is 4.39 Å². The lowest BCUT2D eigenvalue weighted by Gasteiger charge is -2.37. The minimum atomic E-state index is -0.433. The van der Waals surface area contributed by atoms with Crippen LogP contribution >= 0.6 is 24.0 Å². The van der Waals surface area contributed by atoms with E-state index in [2.05, 4.69) is 10.2 Å². The maximum Gasteiger partial charge on any atom is 0.227 e. The molecule has 2 aromatic rings. The second-order valence-corrected chi connectivity index (χ2v) is 13.5. The van der Waals surface area contributed by atoms with Crippen LogP contribution in [0.3, 0.4) is 0 Å². The summed E-state index contributed by atoms with van der Waals surface area (Å²) in [6.07, 6.45) is 6.69. The summed E-state index contributed by atoms with van der Waals surface area (Å²) in [6, 6.07) is 8.95. The number of ether oxygens (including phenoxy) is 3. The molecule has 2 aromatic carbocycles. The van der Waals surface area contributed by atoms with Crippen molar-refractivity contribution in [1.82, 2.24) is 15.1 Å². The van der Waals surface area contributed by atoms with E-state index >= 15 is 4.39 Å². The summed E-state index contributed by atoms with van der Waals surface area (Å²) in [6.45, 7) is 8.03. The number of hydrogen-bond donors (Lipinski definition) is 1. The summed E-state index contributed by atoms with van der Waals surface area (Å²) in [7, 11) is 1.63. The van der Waals surface area contributed by atoms with E-state index < -0.39 is 5.82 Å². The molecule has 1 saturated carbocycles. The largest absolute Gasteiger partial charge is 0.493 e. The van der Waals surface area contributed by atoms with Crippen LogP contribution < -0.4 is 10.1 Å². The SMILES string of the molecule is COCCCOc1cc(CC(=O)N(C(C)C)[C@@H]2CCCNC2)c(Cl)cc1-c1cc(CC(=O)N(C2CCOCC2)C2CC2)ccc1F.Cl. The van der Waals surface area contributed by atoms with Gasteiger partial charge in [0.05, 0.1) is 19.4 Å². The van der Waals surface area contributed by atoms with Gasteiger partial charge in [-0.05, 0) is 94.3 Å². The van der Waals surface area contributed by atoms with Gasteiger partial charge in [0.1, 0.15) is 11.6 Å². The van der Waals surface area contributed by atoms with Crippen LogP contribution in [-0.2, 0) is 31.9 Å². The minimum Gasteiger partial charge on any atom is -0.493 e. The van der Waals surface area contributed by atoms with Gasteiger partial charge in [0.25, 0.3) is 0 Å². The molecule has 2 amide bonds. The summed E-state index contributed by atoms with van der Waals surface area (Å²) >= 11 is 6.84. The van der Waals surface area contributed by atoms with Crippen LogP contribution in [0.15, 0.2) is 30.3 Å². The molecule has 260 valence electrons. The quantitative estimate of drug-likeness (QED) is 0.237. The first-order chi connectivity index (χ1) is 22.3. The molecule has 1 atom stereocenters. The number of nitrogens with zero attached hydrogens (tertiary/aromatic N) is 2. The molecule has 0 spiro atoms. The molecule has 1 aliphatic carbocycles. The molecule has 3 aliphatic rings. The molecule has 2 heterocycles. The van der Waals surface area contributed by atoms with Gasteiger partial charge in [0.2, 0.25) is 11.8 Å². The molecule has 11 heteroatoms. The van der Waals surface area contributed by atoms with Crippen LogP contribution in [0.4, 0.5) is 4.39 Å². The normalized spacial score (nSPS) is 18.5. The zero-order valence-electron chi connectivity index (χ0n) is 27.9. The first-order valence-electron chi connectivity index (χ1n) is 16.9. The fourth-order valence-corrected chi connectivity index (χ4v) is 7.09. The second-order valence-electron chi connectivity index (χ2n) is 13.1. The van der Waals surface area contributed by atoms with E-state index in [0.717, 1.165) is 57.2 Å². The van der Waals surface area contributed by atoms with Gasteiger partial charge >= 0.3 is 0 Å². The van der Waals surface area contributed by atoms with Crippen molar-refractivity contribution in [2.24, 2.45) is 0 Å². The third kappa shape index (κ3) is 9.82. The van der Waals surface area contributed by atoms with Gasteiger partial charge in [-0.1, -0.05) is 17.7 Å². The van der Waals surface area contributed by atoms with Gasteiger partial charge < -0.3 is 29.3 Å². The number of carbonyl (C=O) groups excluding carboxylic acids is 2. The predicted molar refractivity (Wildman–Crippen MR) is 185 cm³/mol. The van der Waals surface area contributed by atoms with Gasteiger partial charge in [-0.2, -0.15) is 0 Å². The molecule has 1 N–H and O–H groups in total. The van der Waals surface area contributed by atoms with Crippen LogP contribution in [0.1, 0.15) is 69.9 Å². The average molecular weight is 695 g/mol. The van der Waals surface area contributed by atoms with E-state index in [1.54, 1.807) is 31.4 Å². The van der Waals surface area contributed by atoms with Crippen LogP contribution in [0.5, 0.6) is 5.75 Å². The lowest BCUT2D eigenvalue weighted by atomic mass is 9.97. The number of piperidine rings is 1. The van der Waals surface area contributed by atoms with Crippen molar-refractivity contribution < 1.29 is 28.2 Å². The molecule has 5 rings (SSSR count). The molecule has 0 aromatic heterocycles. The third-order valence-corrected chi connectivity index (χ3v) is 9.59. The summed E-state index contributed by atoms with van der Waals surface area (Å²) in [4.78, 5) is 31.3. The minimum absolute atomic E-state index is 0. The third-order valence-electron chi connectivity index (χ3n) is 9.24. The summed E-state index contributed by atoms with van der Waals surface area (Å²) in [5, 5.41) is 3.78. The smallest absolute Gasteiger partial charge is 0.227 e. The molecule has 0 unspecified atom stereocenters. The van der Waals surface area contributed by atoms with Crippen LogP contribution in [-0.4, -0.2) is 92.4 Å². The van der Waals surface area contributed by atoms with Crippen molar-refractivity contribution in [3.63, 3.8) is 0 Å². The standard InChI is InChI=1S/C36H49ClFN3O5.ClH/c1-24(2)40(29-6-4-13-39-23-29)36(43)21-26-20-34(46-15-5-14-44-3)31(22-32(26)37)30-18-25(7-10-33(30)38)19-35(42)41(27-8-9-27)28-11-16-45-17-12-28;/h7,10,18,20,22,24,27-29,39H,4-6,8-9,11-17,19,21,23H2,1-3H3;1H/t29-;/m1./s1. The Balaban J connectivity index is 0.00000500. The maximum absolute atomic E-state index is 15.6. The predicted octanol–water partition coefficient (Wildman–Crippen LogP) is 6.23. The fourth-order valence-electron chi connectivity index (χ4n) is 6.86. The number of benzene rings is 2. The van der Waals surface area contributed by atoms with Gasteiger partial charge in [0.15, 0.2) is 0 Å². The summed E-state index contributed by atoms with van der Waals surface area (Å²) in [5.41, 5.74) is 2.17. The molecule has 8 nitrogen and oxygen atoms in total. The highest BCUT2D eigenvalue weighted by atomic mass is 35.5. The Morgan fingerprint density at radius 3 is 2.38 bits per heavy atom. The zero-order valence-corrected chi connectivity index (χ0v) is 29.5. The number of amides is 2. The molecule has 0 bridgehead atoms. The Morgan fingerprint density at radius 1 is 0.979 bits per heavy atom. The van der Waals surface area contributed by atoms with Crippen LogP contribution in [0, 0.1) is 5.82 Å². The van der Waals surface area contributed by atoms with Gasteiger partial charge in [-0.15, -0.1) is 12.4 Å². The molecule has 2 saturated heterocycles. The van der Waals surface area contributed by atoms with Crippen LogP contribution in [0.2, 0.25) is 5.02 Å². The first kappa shape index (κ1) is 37.4. The summed E-state index contributed by atoms with van der Waals surface area (Å²) in [5.74, 6) is 0.0814. The second kappa shape index (κ2) is 17.8. The molecule has 47 heavy (non-hydrogen) atoms. The lowest BCUT2D eigenvalue weighted by Crippen LogP contribution is -2.52. The van der Waals surface area contributed by atoms with E-state index in [9.17, 15) is 9.59 Å². The van der Waals surface area contributed by atoms with Crippen molar-refractivity contribution in [2.45, 2.75) is 95.8 Å². The summed E-state index contributed by atoms with van der Waals surface area (Å²) < 4.78 is 32.5. The van der Waals surface area contributed by atoms with Crippen molar-refractivity contribution in [1.29, 1.82) is 0 Å². The van der Waals surface area contributed by atoms with Crippen molar-refractivity contribution >= 4 is 35.8 Å². The van der Waals surface area contributed by atoms with E-state index in [0.29, 0.717) is 60.3 Å². The number of methoxy groups -OCH3 is 1. The fraction of sp³-hybridized carbons (Fsp3) is 0.611. The molecular formula is C36H50Cl2FN3O5. The highest BCUT2D eigenvalue weighted by Gasteiger charge is 2.38. The number of nitrogens with one attached hydrogen (secondary N) is 1. The average Bonchev–Trinajstić information content (AvgIpc) is 3.88. The van der Waals surface area contributed by atoms with Gasteiger partial charge in [0, 0.05) is 80.2 Å². The highest BCUT2D eigenvalue weighted by Crippen LogP contribution is 2.38. The number of rotatable bonds is 14. The topological polar surface area (TPSA) is 80.3 Å². The van der Waals surface area contributed by atoms with Crippen molar-refractivity contribution in [3.8, 4) is 16.9 Å². The Labute approximate surface area is 290 Å². The maximum atomic E-state index is 15.6. The Kier molecular flexibility index (Phi) is 14.2. The molecular weight excluding hydrogens is 644 g/mol. The first-order valence-corrected chi connectivity index (χ1v) is 17.3. The Morgan fingerprint density at radius 2 is 1.72 bits per heavy atom. The molecule has 3 fully saturated rings. The van der Waals surface area contributed by atoms with Gasteiger partial charge in [-0.3, -0.25) is 9.59 Å². The zero-order chi connectivity index (χ0) is 32.6. The molecule has 0 radical (unpaired) electrons.